The van der Waals surface area contributed by atoms with Gasteiger partial charge in [-0.25, -0.2) is 0 Å². The molecule has 0 amide bonds. The molecule has 3 heteroatoms. The van der Waals surface area contributed by atoms with Gasteiger partial charge < -0.3 is 9.80 Å². The van der Waals surface area contributed by atoms with Crippen LogP contribution in [0.2, 0.25) is 0 Å². The molecule has 2 unspecified atom stereocenters. The summed E-state index contributed by atoms with van der Waals surface area (Å²) in [5.41, 5.74) is 0. The van der Waals surface area contributed by atoms with Crippen LogP contribution in [0.25, 0.3) is 0 Å². The predicted molar refractivity (Wildman–Crippen MR) is 68.8 cm³/mol. The van der Waals surface area contributed by atoms with Crippen LogP contribution in [0, 0.1) is 5.92 Å². The van der Waals surface area contributed by atoms with Gasteiger partial charge in [0.1, 0.15) is 0 Å². The molecule has 0 aliphatic carbocycles. The Kier molecular flexibility index (Phi) is 4.22. The summed E-state index contributed by atoms with van der Waals surface area (Å²) in [7, 11) is 4.48. The second kappa shape index (κ2) is 5.48. The molecule has 2 atom stereocenters. The molecule has 2 saturated heterocycles. The van der Waals surface area contributed by atoms with Gasteiger partial charge in [-0.1, -0.05) is 0 Å². The van der Waals surface area contributed by atoms with Crippen molar-refractivity contribution in [2.75, 3.05) is 53.4 Å². The van der Waals surface area contributed by atoms with Gasteiger partial charge in [-0.05, 0) is 46.3 Å². The molecule has 94 valence electrons. The van der Waals surface area contributed by atoms with E-state index in [0.717, 1.165) is 12.0 Å². The van der Waals surface area contributed by atoms with Crippen LogP contribution in [0.5, 0.6) is 0 Å². The molecular weight excluding hydrogens is 198 g/mol. The van der Waals surface area contributed by atoms with Crippen LogP contribution in [-0.4, -0.2) is 74.1 Å². The lowest BCUT2D eigenvalue weighted by atomic mass is 9.98. The molecule has 0 aromatic carbocycles. The number of rotatable bonds is 3. The van der Waals surface area contributed by atoms with E-state index in [1.165, 1.54) is 52.1 Å². The zero-order valence-electron chi connectivity index (χ0n) is 11.2. The van der Waals surface area contributed by atoms with E-state index in [-0.39, 0.29) is 0 Å². The number of likely N-dealkylation sites (tertiary alicyclic amines) is 1. The highest BCUT2D eigenvalue weighted by atomic mass is 15.3. The SMILES string of the molecule is CC(CC1CCN(C)C1)N1CCN(C)CC1. The first-order valence-electron chi connectivity index (χ1n) is 6.76. The van der Waals surface area contributed by atoms with Crippen molar-refractivity contribution < 1.29 is 0 Å². The van der Waals surface area contributed by atoms with Crippen molar-refractivity contribution in [1.29, 1.82) is 0 Å². The van der Waals surface area contributed by atoms with Crippen LogP contribution >= 0.6 is 0 Å². The minimum absolute atomic E-state index is 0.783. The molecule has 0 bridgehead atoms. The third kappa shape index (κ3) is 3.19. The van der Waals surface area contributed by atoms with E-state index in [1.807, 2.05) is 0 Å². The van der Waals surface area contributed by atoms with E-state index in [1.54, 1.807) is 0 Å². The van der Waals surface area contributed by atoms with Crippen LogP contribution in [0.3, 0.4) is 0 Å². The van der Waals surface area contributed by atoms with Gasteiger partial charge in [0, 0.05) is 38.8 Å². The summed E-state index contributed by atoms with van der Waals surface area (Å²) in [6.45, 7) is 10.1. The topological polar surface area (TPSA) is 9.72 Å². The Balaban J connectivity index is 1.73. The average molecular weight is 225 g/mol. The molecular formula is C13H27N3. The number of hydrogen-bond acceptors (Lipinski definition) is 3. The molecule has 0 radical (unpaired) electrons. The number of likely N-dealkylation sites (N-methyl/N-ethyl adjacent to an activating group) is 1. The van der Waals surface area contributed by atoms with E-state index in [9.17, 15) is 0 Å². The first-order chi connectivity index (χ1) is 7.65. The van der Waals surface area contributed by atoms with Gasteiger partial charge in [0.05, 0.1) is 0 Å². The molecule has 0 aromatic heterocycles. The van der Waals surface area contributed by atoms with Gasteiger partial charge in [-0.2, -0.15) is 0 Å². The molecule has 0 saturated carbocycles. The van der Waals surface area contributed by atoms with Crippen LogP contribution in [0.4, 0.5) is 0 Å². The monoisotopic (exact) mass is 225 g/mol. The fourth-order valence-corrected chi connectivity index (χ4v) is 3.11. The molecule has 3 nitrogen and oxygen atoms in total. The second-order valence-electron chi connectivity index (χ2n) is 5.84. The molecule has 2 rings (SSSR count). The van der Waals surface area contributed by atoms with E-state index in [4.69, 9.17) is 0 Å². The summed E-state index contributed by atoms with van der Waals surface area (Å²) in [6.07, 6.45) is 2.81. The summed E-state index contributed by atoms with van der Waals surface area (Å²) in [4.78, 5) is 7.59. The summed E-state index contributed by atoms with van der Waals surface area (Å²) in [5, 5.41) is 0. The van der Waals surface area contributed by atoms with Crippen LogP contribution in [0.15, 0.2) is 0 Å². The maximum atomic E-state index is 2.68. The van der Waals surface area contributed by atoms with E-state index < -0.39 is 0 Å². The van der Waals surface area contributed by atoms with Crippen molar-refractivity contribution in [3.63, 3.8) is 0 Å². The molecule has 0 N–H and O–H groups in total. The molecule has 0 spiro atoms. The lowest BCUT2D eigenvalue weighted by Gasteiger charge is -2.37. The zero-order chi connectivity index (χ0) is 11.5. The highest BCUT2D eigenvalue weighted by molar-refractivity contribution is 4.80. The summed E-state index contributed by atoms with van der Waals surface area (Å²) in [6, 6.07) is 0.783. The van der Waals surface area contributed by atoms with E-state index in [0.29, 0.717) is 0 Å². The predicted octanol–water partition coefficient (Wildman–Crippen LogP) is 0.964. The van der Waals surface area contributed by atoms with Crippen molar-refractivity contribution >= 4 is 0 Å². The lowest BCUT2D eigenvalue weighted by molar-refractivity contribution is 0.106. The Morgan fingerprint density at radius 1 is 1.00 bits per heavy atom. The largest absolute Gasteiger partial charge is 0.306 e. The molecule has 2 aliphatic heterocycles. The Bertz CT molecular complexity index is 211. The summed E-state index contributed by atoms with van der Waals surface area (Å²) < 4.78 is 0. The van der Waals surface area contributed by atoms with Gasteiger partial charge in [-0.3, -0.25) is 4.90 Å². The third-order valence-corrected chi connectivity index (χ3v) is 4.32. The molecule has 16 heavy (non-hydrogen) atoms. The van der Waals surface area contributed by atoms with Crippen molar-refractivity contribution in [2.24, 2.45) is 5.92 Å². The Labute approximate surface area is 100 Å². The Morgan fingerprint density at radius 3 is 2.25 bits per heavy atom. The smallest absolute Gasteiger partial charge is 0.0113 e. The Morgan fingerprint density at radius 2 is 1.69 bits per heavy atom. The molecule has 2 aliphatic rings. The number of piperazine rings is 1. The van der Waals surface area contributed by atoms with E-state index >= 15 is 0 Å². The first kappa shape index (κ1) is 12.3. The van der Waals surface area contributed by atoms with Gasteiger partial charge in [0.2, 0.25) is 0 Å². The fourth-order valence-electron chi connectivity index (χ4n) is 3.11. The highest BCUT2D eigenvalue weighted by Crippen LogP contribution is 2.22. The number of nitrogens with zero attached hydrogens (tertiary/aromatic N) is 3. The van der Waals surface area contributed by atoms with Gasteiger partial charge >= 0.3 is 0 Å². The van der Waals surface area contributed by atoms with Gasteiger partial charge in [0.25, 0.3) is 0 Å². The standard InChI is InChI=1S/C13H27N3/c1-12(10-13-4-5-15(3)11-13)16-8-6-14(2)7-9-16/h12-13H,4-11H2,1-3H3. The molecule has 2 fully saturated rings. The van der Waals surface area contributed by atoms with Crippen LogP contribution in [-0.2, 0) is 0 Å². The van der Waals surface area contributed by atoms with E-state index in [2.05, 4.69) is 35.7 Å². The first-order valence-corrected chi connectivity index (χ1v) is 6.76. The quantitative estimate of drug-likeness (QED) is 0.708. The minimum Gasteiger partial charge on any atom is -0.306 e. The van der Waals surface area contributed by atoms with Crippen molar-refractivity contribution in [3.8, 4) is 0 Å². The van der Waals surface area contributed by atoms with Crippen molar-refractivity contribution in [3.05, 3.63) is 0 Å². The van der Waals surface area contributed by atoms with Crippen LogP contribution in [0.1, 0.15) is 19.8 Å². The highest BCUT2D eigenvalue weighted by Gasteiger charge is 2.25. The van der Waals surface area contributed by atoms with Crippen molar-refractivity contribution in [1.82, 2.24) is 14.7 Å². The maximum absolute atomic E-state index is 2.68. The molecule has 0 aromatic rings. The van der Waals surface area contributed by atoms with Gasteiger partial charge in [-0.15, -0.1) is 0 Å². The lowest BCUT2D eigenvalue weighted by Crippen LogP contribution is -2.48. The molecule has 2 heterocycles. The van der Waals surface area contributed by atoms with Crippen LogP contribution < -0.4 is 0 Å². The average Bonchev–Trinajstić information content (AvgIpc) is 2.65. The normalized spacial score (nSPS) is 32.1. The Hall–Kier alpha value is -0.120. The number of hydrogen-bond donors (Lipinski definition) is 0. The third-order valence-electron chi connectivity index (χ3n) is 4.32. The summed E-state index contributed by atoms with van der Waals surface area (Å²) in [5.74, 6) is 0.944. The fraction of sp³-hybridized carbons (Fsp3) is 1.00. The minimum atomic E-state index is 0.783. The van der Waals surface area contributed by atoms with Crippen molar-refractivity contribution in [2.45, 2.75) is 25.8 Å². The van der Waals surface area contributed by atoms with Gasteiger partial charge in [0.15, 0.2) is 0 Å². The second-order valence-corrected chi connectivity index (χ2v) is 5.84. The maximum Gasteiger partial charge on any atom is 0.0113 e. The zero-order valence-corrected chi connectivity index (χ0v) is 11.2. The summed E-state index contributed by atoms with van der Waals surface area (Å²) >= 11 is 0.